The molecule has 0 atom stereocenters. The Bertz CT molecular complexity index is 210. The third-order valence-corrected chi connectivity index (χ3v) is 2.40. The van der Waals surface area contributed by atoms with Gasteiger partial charge in [-0.05, 0) is 24.0 Å². The van der Waals surface area contributed by atoms with Gasteiger partial charge in [-0.15, -0.1) is 0 Å². The molecule has 0 bridgehead atoms. The van der Waals surface area contributed by atoms with Crippen molar-refractivity contribution in [1.29, 1.82) is 0 Å². The summed E-state index contributed by atoms with van der Waals surface area (Å²) in [6, 6.07) is 8.72. The first-order valence-corrected chi connectivity index (χ1v) is 5.63. The monoisotopic (exact) mass is 224 g/mol. The molecule has 0 spiro atoms. The van der Waals surface area contributed by atoms with E-state index in [1.165, 1.54) is 23.9 Å². The lowest BCUT2D eigenvalue weighted by molar-refractivity contribution is 1.05. The summed E-state index contributed by atoms with van der Waals surface area (Å²) in [6.45, 7) is 0. The summed E-state index contributed by atoms with van der Waals surface area (Å²) in [5, 5.41) is 1.06. The van der Waals surface area contributed by atoms with E-state index >= 15 is 0 Å². The highest BCUT2D eigenvalue weighted by Crippen LogP contribution is 2.12. The van der Waals surface area contributed by atoms with Gasteiger partial charge in [-0.1, -0.05) is 46.5 Å². The molecule has 0 N–H and O–H groups in total. The van der Waals surface area contributed by atoms with Crippen molar-refractivity contribution in [2.45, 2.75) is 19.2 Å². The molecule has 64 valence electrons. The average molecular weight is 225 g/mol. The predicted molar refractivity (Wildman–Crippen MR) is 61.0 cm³/mol. The SMILES string of the molecule is BCCc1ccccc1CCBr. The molecule has 0 fully saturated rings. The van der Waals surface area contributed by atoms with Gasteiger partial charge in [0.05, 0.1) is 0 Å². The highest BCUT2D eigenvalue weighted by Gasteiger charge is 1.98. The fraction of sp³-hybridized carbons (Fsp3) is 0.400. The number of aryl methyl sites for hydroxylation is 2. The van der Waals surface area contributed by atoms with Gasteiger partial charge in [0, 0.05) is 5.33 Å². The molecule has 1 aromatic carbocycles. The largest absolute Gasteiger partial charge is 0.101 e. The third-order valence-electron chi connectivity index (χ3n) is 2.00. The number of rotatable bonds is 4. The van der Waals surface area contributed by atoms with Gasteiger partial charge < -0.3 is 0 Å². The van der Waals surface area contributed by atoms with Crippen molar-refractivity contribution in [3.63, 3.8) is 0 Å². The van der Waals surface area contributed by atoms with E-state index in [4.69, 9.17) is 0 Å². The second kappa shape index (κ2) is 5.42. The summed E-state index contributed by atoms with van der Waals surface area (Å²) in [5.41, 5.74) is 3.01. The van der Waals surface area contributed by atoms with Crippen molar-refractivity contribution in [2.24, 2.45) is 0 Å². The maximum absolute atomic E-state index is 3.47. The number of halogens is 1. The van der Waals surface area contributed by atoms with E-state index in [-0.39, 0.29) is 0 Å². The van der Waals surface area contributed by atoms with Gasteiger partial charge in [-0.25, -0.2) is 0 Å². The standard InChI is InChI=1S/C10H14BBr/c11-7-5-9-3-1-2-4-10(9)6-8-12/h1-4H,5-8,11H2. The number of alkyl halides is 1. The second-order valence-electron chi connectivity index (χ2n) is 2.96. The summed E-state index contributed by atoms with van der Waals surface area (Å²) in [5.74, 6) is 0. The molecule has 0 heterocycles. The van der Waals surface area contributed by atoms with Gasteiger partial charge in [-0.3, -0.25) is 0 Å². The summed E-state index contributed by atoms with van der Waals surface area (Å²) in [4.78, 5) is 0. The topological polar surface area (TPSA) is 0 Å². The maximum Gasteiger partial charge on any atom is 0.101 e. The van der Waals surface area contributed by atoms with Crippen LogP contribution >= 0.6 is 15.9 Å². The highest BCUT2D eigenvalue weighted by atomic mass is 79.9. The molecule has 0 aromatic heterocycles. The maximum atomic E-state index is 3.47. The van der Waals surface area contributed by atoms with Crippen LogP contribution in [0.4, 0.5) is 0 Å². The highest BCUT2D eigenvalue weighted by molar-refractivity contribution is 9.09. The Hall–Kier alpha value is -0.235. The van der Waals surface area contributed by atoms with E-state index in [2.05, 4.69) is 48.0 Å². The Morgan fingerprint density at radius 2 is 1.67 bits per heavy atom. The second-order valence-corrected chi connectivity index (χ2v) is 3.75. The van der Waals surface area contributed by atoms with Crippen LogP contribution in [0.1, 0.15) is 11.1 Å². The minimum Gasteiger partial charge on any atom is -0.0924 e. The first-order chi connectivity index (χ1) is 5.88. The Kier molecular flexibility index (Phi) is 4.45. The van der Waals surface area contributed by atoms with Crippen LogP contribution in [0.15, 0.2) is 24.3 Å². The minimum atomic E-state index is 1.06. The van der Waals surface area contributed by atoms with Gasteiger partial charge in [0.15, 0.2) is 0 Å². The number of benzene rings is 1. The van der Waals surface area contributed by atoms with Crippen LogP contribution in [-0.4, -0.2) is 13.2 Å². The molecule has 0 amide bonds. The van der Waals surface area contributed by atoms with Crippen LogP contribution in [0.3, 0.4) is 0 Å². The third kappa shape index (κ3) is 2.67. The van der Waals surface area contributed by atoms with Crippen molar-refractivity contribution in [3.05, 3.63) is 35.4 Å². The van der Waals surface area contributed by atoms with Gasteiger partial charge in [0.1, 0.15) is 7.85 Å². The van der Waals surface area contributed by atoms with E-state index in [0.29, 0.717) is 0 Å². The molecule has 0 saturated carbocycles. The van der Waals surface area contributed by atoms with Gasteiger partial charge in [0.25, 0.3) is 0 Å². The predicted octanol–water partition coefficient (Wildman–Crippen LogP) is 2.22. The Balaban J connectivity index is 2.77. The zero-order valence-electron chi connectivity index (χ0n) is 7.52. The molecule has 0 aliphatic rings. The lowest BCUT2D eigenvalue weighted by atomic mass is 9.94. The number of hydrogen-bond donors (Lipinski definition) is 0. The fourth-order valence-electron chi connectivity index (χ4n) is 1.42. The van der Waals surface area contributed by atoms with Gasteiger partial charge >= 0.3 is 0 Å². The fourth-order valence-corrected chi connectivity index (χ4v) is 1.84. The van der Waals surface area contributed by atoms with Gasteiger partial charge in [0.2, 0.25) is 0 Å². The molecule has 12 heavy (non-hydrogen) atoms. The summed E-state index contributed by atoms with van der Waals surface area (Å²) in [7, 11) is 2.23. The summed E-state index contributed by atoms with van der Waals surface area (Å²) < 4.78 is 0. The average Bonchev–Trinajstić information content (AvgIpc) is 2.09. The van der Waals surface area contributed by atoms with Crippen molar-refractivity contribution in [2.75, 3.05) is 5.33 Å². The van der Waals surface area contributed by atoms with Crippen LogP contribution in [0, 0.1) is 0 Å². The molecule has 0 saturated heterocycles. The zero-order chi connectivity index (χ0) is 8.81. The van der Waals surface area contributed by atoms with Crippen LogP contribution in [0.5, 0.6) is 0 Å². The normalized spacial score (nSPS) is 10.1. The molecule has 0 aliphatic carbocycles. The lowest BCUT2D eigenvalue weighted by Gasteiger charge is -2.05. The van der Waals surface area contributed by atoms with E-state index in [1.807, 2.05) is 0 Å². The quantitative estimate of drug-likeness (QED) is 0.544. The molecule has 2 heteroatoms. The Morgan fingerprint density at radius 3 is 2.17 bits per heavy atom. The first-order valence-electron chi connectivity index (χ1n) is 4.51. The smallest absolute Gasteiger partial charge is 0.0924 e. The minimum absolute atomic E-state index is 1.06. The van der Waals surface area contributed by atoms with Crippen molar-refractivity contribution in [3.8, 4) is 0 Å². The lowest BCUT2D eigenvalue weighted by Crippen LogP contribution is -1.94. The van der Waals surface area contributed by atoms with E-state index in [1.54, 1.807) is 0 Å². The molecule has 0 nitrogen and oxygen atoms in total. The van der Waals surface area contributed by atoms with Crippen LogP contribution < -0.4 is 0 Å². The first kappa shape index (κ1) is 9.85. The molecule has 0 unspecified atom stereocenters. The molecule has 0 aliphatic heterocycles. The van der Waals surface area contributed by atoms with E-state index in [9.17, 15) is 0 Å². The zero-order valence-corrected chi connectivity index (χ0v) is 9.10. The summed E-state index contributed by atoms with van der Waals surface area (Å²) in [6.07, 6.45) is 3.60. The molecule has 1 aromatic rings. The van der Waals surface area contributed by atoms with Gasteiger partial charge in [-0.2, -0.15) is 0 Å². The van der Waals surface area contributed by atoms with Crippen LogP contribution in [0.2, 0.25) is 6.32 Å². The Morgan fingerprint density at radius 1 is 1.08 bits per heavy atom. The molecular weight excluding hydrogens is 211 g/mol. The van der Waals surface area contributed by atoms with Crippen LogP contribution in [0.25, 0.3) is 0 Å². The molecule has 1 rings (SSSR count). The van der Waals surface area contributed by atoms with Crippen molar-refractivity contribution in [1.82, 2.24) is 0 Å². The number of hydrogen-bond acceptors (Lipinski definition) is 0. The Labute approximate surface area is 83.9 Å². The summed E-state index contributed by atoms with van der Waals surface area (Å²) >= 11 is 3.47. The molecule has 0 radical (unpaired) electrons. The van der Waals surface area contributed by atoms with Crippen molar-refractivity contribution < 1.29 is 0 Å². The molecular formula is C10H14BBr. The van der Waals surface area contributed by atoms with Crippen LogP contribution in [-0.2, 0) is 12.8 Å². The van der Waals surface area contributed by atoms with E-state index < -0.39 is 0 Å². The van der Waals surface area contributed by atoms with Crippen molar-refractivity contribution >= 4 is 23.8 Å². The van der Waals surface area contributed by atoms with E-state index in [0.717, 1.165) is 11.8 Å².